The van der Waals surface area contributed by atoms with E-state index in [-0.39, 0.29) is 5.56 Å². The van der Waals surface area contributed by atoms with Crippen molar-refractivity contribution in [2.45, 2.75) is 13.3 Å². The van der Waals surface area contributed by atoms with Crippen molar-refractivity contribution in [3.8, 4) is 0 Å². The van der Waals surface area contributed by atoms with E-state index in [1.54, 1.807) is 6.07 Å². The van der Waals surface area contributed by atoms with E-state index in [9.17, 15) is 9.18 Å². The van der Waals surface area contributed by atoms with Crippen LogP contribution in [-0.4, -0.2) is 49.7 Å². The van der Waals surface area contributed by atoms with Gasteiger partial charge in [0.1, 0.15) is 5.82 Å². The maximum Gasteiger partial charge on any atom is 0.338 e. The van der Waals surface area contributed by atoms with E-state index >= 15 is 0 Å². The molecule has 0 radical (unpaired) electrons. The van der Waals surface area contributed by atoms with Crippen molar-refractivity contribution in [1.29, 1.82) is 0 Å². The largest absolute Gasteiger partial charge is 0.478 e. The van der Waals surface area contributed by atoms with Crippen LogP contribution in [0.4, 0.5) is 10.1 Å². The van der Waals surface area contributed by atoms with Crippen LogP contribution in [0.5, 0.6) is 0 Å². The molecule has 0 aliphatic rings. The predicted molar refractivity (Wildman–Crippen MR) is 74.4 cm³/mol. The van der Waals surface area contributed by atoms with Gasteiger partial charge in [-0.25, -0.2) is 9.18 Å². The number of carbonyl (C=O) groups is 1. The molecule has 0 unspecified atom stereocenters. The molecule has 0 fully saturated rings. The second-order valence-electron chi connectivity index (χ2n) is 4.76. The van der Waals surface area contributed by atoms with E-state index in [1.807, 2.05) is 14.1 Å². The van der Waals surface area contributed by atoms with Crippen molar-refractivity contribution in [3.05, 3.63) is 29.6 Å². The van der Waals surface area contributed by atoms with Crippen molar-refractivity contribution >= 4 is 11.7 Å². The minimum Gasteiger partial charge on any atom is -0.478 e. The first-order valence-electron chi connectivity index (χ1n) is 6.38. The molecule has 0 bridgehead atoms. The van der Waals surface area contributed by atoms with Gasteiger partial charge in [0.2, 0.25) is 0 Å². The summed E-state index contributed by atoms with van der Waals surface area (Å²) in [6.07, 6.45) is 0.954. The molecule has 0 spiro atoms. The van der Waals surface area contributed by atoms with Gasteiger partial charge in [-0.15, -0.1) is 0 Å². The topological polar surface area (TPSA) is 43.8 Å². The summed E-state index contributed by atoms with van der Waals surface area (Å²) in [5, 5.41) is 8.81. The summed E-state index contributed by atoms with van der Waals surface area (Å²) >= 11 is 0. The average Bonchev–Trinajstić information content (AvgIpc) is 2.33. The van der Waals surface area contributed by atoms with Crippen molar-refractivity contribution in [1.82, 2.24) is 4.90 Å². The fourth-order valence-electron chi connectivity index (χ4n) is 1.83. The summed E-state index contributed by atoms with van der Waals surface area (Å²) in [6, 6.07) is 4.29. The number of carboxylic acid groups (broad SMARTS) is 1. The molecular formula is C14H21FN2O2. The lowest BCUT2D eigenvalue weighted by Gasteiger charge is -2.26. The van der Waals surface area contributed by atoms with Gasteiger partial charge in [0, 0.05) is 25.3 Å². The maximum atomic E-state index is 13.7. The van der Waals surface area contributed by atoms with Gasteiger partial charge in [-0.3, -0.25) is 0 Å². The van der Waals surface area contributed by atoms with Gasteiger partial charge in [0.15, 0.2) is 0 Å². The summed E-state index contributed by atoms with van der Waals surface area (Å²) < 4.78 is 13.7. The molecule has 0 amide bonds. The van der Waals surface area contributed by atoms with Gasteiger partial charge in [0.05, 0.1) is 5.56 Å². The summed E-state index contributed by atoms with van der Waals surface area (Å²) in [7, 11) is 3.97. The van der Waals surface area contributed by atoms with Crippen LogP contribution in [0.2, 0.25) is 0 Å². The highest BCUT2D eigenvalue weighted by Gasteiger charge is 2.13. The van der Waals surface area contributed by atoms with Gasteiger partial charge in [-0.1, -0.05) is 6.92 Å². The SMILES string of the molecule is CCCN(CCN(C)C)c1ccc(C(=O)O)c(F)c1. The lowest BCUT2D eigenvalue weighted by Crippen LogP contribution is -2.32. The lowest BCUT2D eigenvalue weighted by atomic mass is 10.1. The smallest absolute Gasteiger partial charge is 0.338 e. The second kappa shape index (κ2) is 7.09. The van der Waals surface area contributed by atoms with E-state index in [2.05, 4.69) is 16.7 Å². The molecule has 1 N–H and O–H groups in total. The Morgan fingerprint density at radius 3 is 2.42 bits per heavy atom. The van der Waals surface area contributed by atoms with Crippen LogP contribution >= 0.6 is 0 Å². The molecule has 0 aliphatic carbocycles. The van der Waals surface area contributed by atoms with Crippen LogP contribution in [0, 0.1) is 5.82 Å². The van der Waals surface area contributed by atoms with Crippen molar-refractivity contribution in [2.24, 2.45) is 0 Å². The summed E-state index contributed by atoms with van der Waals surface area (Å²) in [5.41, 5.74) is 0.444. The molecule has 1 aromatic carbocycles. The zero-order valence-corrected chi connectivity index (χ0v) is 11.7. The van der Waals surface area contributed by atoms with E-state index in [0.29, 0.717) is 0 Å². The van der Waals surface area contributed by atoms with Crippen LogP contribution in [0.15, 0.2) is 18.2 Å². The van der Waals surface area contributed by atoms with E-state index in [1.165, 1.54) is 12.1 Å². The highest BCUT2D eigenvalue weighted by atomic mass is 19.1. The quantitative estimate of drug-likeness (QED) is 0.824. The molecule has 1 rings (SSSR count). The van der Waals surface area contributed by atoms with Crippen molar-refractivity contribution in [3.63, 3.8) is 0 Å². The Kier molecular flexibility index (Phi) is 5.76. The Hall–Kier alpha value is -1.62. The standard InChI is InChI=1S/C14H21FN2O2/c1-4-7-17(9-8-16(2)3)11-5-6-12(14(18)19)13(15)10-11/h5-6,10H,4,7-9H2,1-3H3,(H,18,19). The number of likely N-dealkylation sites (N-methyl/N-ethyl adjacent to an activating group) is 1. The predicted octanol–water partition coefficient (Wildman–Crippen LogP) is 2.30. The van der Waals surface area contributed by atoms with Crippen molar-refractivity contribution in [2.75, 3.05) is 38.6 Å². The summed E-state index contributed by atoms with van der Waals surface area (Å²) in [5.74, 6) is -1.92. The van der Waals surface area contributed by atoms with Crippen LogP contribution < -0.4 is 4.90 Å². The zero-order chi connectivity index (χ0) is 14.4. The molecule has 4 nitrogen and oxygen atoms in total. The van der Waals surface area contributed by atoms with Crippen LogP contribution in [0.25, 0.3) is 0 Å². The molecule has 106 valence electrons. The third-order valence-corrected chi connectivity index (χ3v) is 2.86. The summed E-state index contributed by atoms with van der Waals surface area (Å²) in [4.78, 5) is 14.9. The molecular weight excluding hydrogens is 247 g/mol. The van der Waals surface area contributed by atoms with Gasteiger partial charge in [0.25, 0.3) is 0 Å². The molecule has 0 aromatic heterocycles. The van der Waals surface area contributed by atoms with E-state index < -0.39 is 11.8 Å². The number of hydrogen-bond acceptors (Lipinski definition) is 3. The highest BCUT2D eigenvalue weighted by molar-refractivity contribution is 5.88. The number of hydrogen-bond donors (Lipinski definition) is 1. The zero-order valence-electron chi connectivity index (χ0n) is 11.7. The second-order valence-corrected chi connectivity index (χ2v) is 4.76. The number of aromatic carboxylic acids is 1. The monoisotopic (exact) mass is 268 g/mol. The summed E-state index contributed by atoms with van der Waals surface area (Å²) in [6.45, 7) is 4.53. The average molecular weight is 268 g/mol. The number of carboxylic acids is 1. The van der Waals surface area contributed by atoms with Gasteiger partial charge in [-0.05, 0) is 38.7 Å². The minimum absolute atomic E-state index is 0.284. The lowest BCUT2D eigenvalue weighted by molar-refractivity contribution is 0.0692. The third kappa shape index (κ3) is 4.52. The Morgan fingerprint density at radius 1 is 1.26 bits per heavy atom. The van der Waals surface area contributed by atoms with Crippen LogP contribution in [0.1, 0.15) is 23.7 Å². The van der Waals surface area contributed by atoms with Crippen LogP contribution in [-0.2, 0) is 0 Å². The first kappa shape index (κ1) is 15.4. The van der Waals surface area contributed by atoms with E-state index in [0.717, 1.165) is 31.7 Å². The number of halogens is 1. The molecule has 0 atom stereocenters. The molecule has 0 aliphatic heterocycles. The number of nitrogens with zero attached hydrogens (tertiary/aromatic N) is 2. The molecule has 5 heteroatoms. The molecule has 1 aromatic rings. The Balaban J connectivity index is 2.90. The molecule has 0 saturated carbocycles. The first-order chi connectivity index (χ1) is 8.95. The first-order valence-corrected chi connectivity index (χ1v) is 6.38. The number of anilines is 1. The maximum absolute atomic E-state index is 13.7. The van der Waals surface area contributed by atoms with Crippen molar-refractivity contribution < 1.29 is 14.3 Å². The van der Waals surface area contributed by atoms with Gasteiger partial charge < -0.3 is 14.9 Å². The molecule has 0 heterocycles. The fourth-order valence-corrected chi connectivity index (χ4v) is 1.83. The number of rotatable bonds is 7. The van der Waals surface area contributed by atoms with E-state index in [4.69, 9.17) is 5.11 Å². The van der Waals surface area contributed by atoms with Crippen LogP contribution in [0.3, 0.4) is 0 Å². The Morgan fingerprint density at radius 2 is 1.95 bits per heavy atom. The Labute approximate surface area is 113 Å². The van der Waals surface area contributed by atoms with Gasteiger partial charge >= 0.3 is 5.97 Å². The minimum atomic E-state index is -1.24. The number of benzene rings is 1. The highest BCUT2D eigenvalue weighted by Crippen LogP contribution is 2.19. The molecule has 19 heavy (non-hydrogen) atoms. The third-order valence-electron chi connectivity index (χ3n) is 2.86. The molecule has 0 saturated heterocycles. The fraction of sp³-hybridized carbons (Fsp3) is 0.500. The normalized spacial score (nSPS) is 10.8. The van der Waals surface area contributed by atoms with Gasteiger partial charge in [-0.2, -0.15) is 0 Å². The Bertz CT molecular complexity index is 435.